The van der Waals surface area contributed by atoms with Gasteiger partial charge in [-0.1, -0.05) is 146 Å². The molecule has 0 atom stereocenters. The third-order valence-electron chi connectivity index (χ3n) is 10.1. The number of hydrogen-bond acceptors (Lipinski definition) is 0. The van der Waals surface area contributed by atoms with E-state index in [2.05, 4.69) is 203 Å². The van der Waals surface area contributed by atoms with Crippen LogP contribution in [0.15, 0.2) is 194 Å². The fourth-order valence-electron chi connectivity index (χ4n) is 7.83. The standard InChI is InChI=1S/C48H32N2/c1-4-14-33(15-5-1)35-18-12-21-39(30-35)50-45-25-11-10-22-41(45)43-24-13-23-40(48(43)50)37-26-28-42-44-31-36(34-16-6-2-7-17-34)27-29-46(44)49(47(42)32-37)38-19-8-3-9-20-38/h1-32H. The topological polar surface area (TPSA) is 9.86 Å². The monoisotopic (exact) mass is 636 g/mol. The van der Waals surface area contributed by atoms with E-state index >= 15 is 0 Å². The zero-order valence-electron chi connectivity index (χ0n) is 27.4. The average molecular weight is 637 g/mol. The lowest BCUT2D eigenvalue weighted by molar-refractivity contribution is 1.18. The Morgan fingerprint density at radius 3 is 1.60 bits per heavy atom. The molecule has 2 heteroatoms. The van der Waals surface area contributed by atoms with E-state index in [0.717, 1.165) is 11.4 Å². The maximum atomic E-state index is 2.45. The molecule has 0 fully saturated rings. The van der Waals surface area contributed by atoms with Gasteiger partial charge in [0.2, 0.25) is 0 Å². The highest BCUT2D eigenvalue weighted by atomic mass is 15.0. The summed E-state index contributed by atoms with van der Waals surface area (Å²) in [4.78, 5) is 0. The Bertz CT molecular complexity index is 2840. The molecular weight excluding hydrogens is 605 g/mol. The van der Waals surface area contributed by atoms with E-state index in [4.69, 9.17) is 0 Å². The van der Waals surface area contributed by atoms with Crippen LogP contribution in [0.5, 0.6) is 0 Å². The van der Waals surface area contributed by atoms with Gasteiger partial charge in [0.1, 0.15) is 0 Å². The molecule has 0 N–H and O–H groups in total. The zero-order chi connectivity index (χ0) is 33.0. The highest BCUT2D eigenvalue weighted by Gasteiger charge is 2.19. The van der Waals surface area contributed by atoms with Crippen molar-refractivity contribution < 1.29 is 0 Å². The number of aromatic nitrogens is 2. The highest BCUT2D eigenvalue weighted by Crippen LogP contribution is 2.41. The van der Waals surface area contributed by atoms with Gasteiger partial charge < -0.3 is 9.13 Å². The van der Waals surface area contributed by atoms with E-state index in [1.54, 1.807) is 0 Å². The first kappa shape index (κ1) is 28.4. The third kappa shape index (κ3) is 4.50. The predicted molar refractivity (Wildman–Crippen MR) is 211 cm³/mol. The molecule has 2 heterocycles. The molecule has 0 aliphatic carbocycles. The fraction of sp³-hybridized carbons (Fsp3) is 0. The van der Waals surface area contributed by atoms with E-state index in [1.807, 2.05) is 0 Å². The Morgan fingerprint density at radius 2 is 0.820 bits per heavy atom. The van der Waals surface area contributed by atoms with Crippen molar-refractivity contribution in [3.63, 3.8) is 0 Å². The van der Waals surface area contributed by atoms with Crippen LogP contribution in [0.2, 0.25) is 0 Å². The summed E-state index contributed by atoms with van der Waals surface area (Å²) >= 11 is 0. The number of para-hydroxylation sites is 3. The first-order valence-corrected chi connectivity index (χ1v) is 17.2. The highest BCUT2D eigenvalue weighted by molar-refractivity contribution is 6.15. The largest absolute Gasteiger partial charge is 0.309 e. The quantitative estimate of drug-likeness (QED) is 0.178. The summed E-state index contributed by atoms with van der Waals surface area (Å²) in [5.41, 5.74) is 14.4. The van der Waals surface area contributed by atoms with Crippen molar-refractivity contribution in [2.75, 3.05) is 0 Å². The van der Waals surface area contributed by atoms with Crippen LogP contribution in [-0.2, 0) is 0 Å². The van der Waals surface area contributed by atoms with Crippen LogP contribution in [0.3, 0.4) is 0 Å². The number of nitrogens with zero attached hydrogens (tertiary/aromatic N) is 2. The van der Waals surface area contributed by atoms with E-state index in [9.17, 15) is 0 Å². The van der Waals surface area contributed by atoms with Crippen LogP contribution in [-0.4, -0.2) is 9.13 Å². The second kappa shape index (κ2) is 11.5. The van der Waals surface area contributed by atoms with Gasteiger partial charge in [0.25, 0.3) is 0 Å². The molecule has 234 valence electrons. The Balaban J connectivity index is 1.24. The van der Waals surface area contributed by atoms with Crippen LogP contribution in [0.4, 0.5) is 0 Å². The Morgan fingerprint density at radius 1 is 0.260 bits per heavy atom. The minimum Gasteiger partial charge on any atom is -0.309 e. The first-order valence-electron chi connectivity index (χ1n) is 17.2. The van der Waals surface area contributed by atoms with Gasteiger partial charge in [0.05, 0.1) is 22.1 Å². The van der Waals surface area contributed by atoms with Gasteiger partial charge in [-0.15, -0.1) is 0 Å². The lowest BCUT2D eigenvalue weighted by atomic mass is 9.99. The molecule has 2 nitrogen and oxygen atoms in total. The number of rotatable bonds is 5. The summed E-state index contributed by atoms with van der Waals surface area (Å²) in [5.74, 6) is 0. The van der Waals surface area contributed by atoms with Gasteiger partial charge in [-0.25, -0.2) is 0 Å². The SMILES string of the molecule is c1ccc(-c2cccc(-n3c4ccccc4c4cccc(-c5ccc6c7cc(-c8ccccc8)ccc7n(-c7ccccc7)c6c5)c43)c2)cc1. The zero-order valence-corrected chi connectivity index (χ0v) is 27.4. The second-order valence-electron chi connectivity index (χ2n) is 13.0. The van der Waals surface area contributed by atoms with Crippen LogP contribution < -0.4 is 0 Å². The number of benzene rings is 8. The molecule has 8 aromatic carbocycles. The van der Waals surface area contributed by atoms with Crippen LogP contribution in [0.1, 0.15) is 0 Å². The summed E-state index contributed by atoms with van der Waals surface area (Å²) in [6, 6.07) is 70.4. The lowest BCUT2D eigenvalue weighted by Gasteiger charge is -2.14. The molecule has 0 radical (unpaired) electrons. The van der Waals surface area contributed by atoms with Gasteiger partial charge in [0.15, 0.2) is 0 Å². The second-order valence-corrected chi connectivity index (χ2v) is 13.0. The predicted octanol–water partition coefficient (Wildman–Crippen LogP) is 12.9. The third-order valence-corrected chi connectivity index (χ3v) is 10.1. The van der Waals surface area contributed by atoms with Crippen LogP contribution >= 0.6 is 0 Å². The van der Waals surface area contributed by atoms with E-state index in [1.165, 1.54) is 77.0 Å². The molecule has 0 saturated carbocycles. The molecule has 0 spiro atoms. The van der Waals surface area contributed by atoms with Crippen molar-refractivity contribution in [3.8, 4) is 44.8 Å². The normalized spacial score (nSPS) is 11.6. The molecule has 0 amide bonds. The van der Waals surface area contributed by atoms with E-state index in [-0.39, 0.29) is 0 Å². The van der Waals surface area contributed by atoms with Crippen molar-refractivity contribution in [1.82, 2.24) is 9.13 Å². The first-order chi connectivity index (χ1) is 24.8. The molecule has 50 heavy (non-hydrogen) atoms. The molecular formula is C48H32N2. The molecule has 2 aromatic heterocycles. The van der Waals surface area contributed by atoms with Gasteiger partial charge in [-0.3, -0.25) is 0 Å². The summed E-state index contributed by atoms with van der Waals surface area (Å²) in [6.45, 7) is 0. The minimum absolute atomic E-state index is 1.15. The van der Waals surface area contributed by atoms with Crippen molar-refractivity contribution in [2.45, 2.75) is 0 Å². The maximum Gasteiger partial charge on any atom is 0.0619 e. The summed E-state index contributed by atoms with van der Waals surface area (Å²) in [7, 11) is 0. The van der Waals surface area contributed by atoms with Crippen molar-refractivity contribution in [1.29, 1.82) is 0 Å². The molecule has 10 aromatic rings. The molecule has 0 unspecified atom stereocenters. The van der Waals surface area contributed by atoms with Gasteiger partial charge in [-0.2, -0.15) is 0 Å². The van der Waals surface area contributed by atoms with Crippen molar-refractivity contribution in [2.24, 2.45) is 0 Å². The van der Waals surface area contributed by atoms with Gasteiger partial charge in [-0.05, 0) is 76.3 Å². The van der Waals surface area contributed by atoms with Crippen molar-refractivity contribution >= 4 is 43.6 Å². The Labute approximate surface area is 290 Å². The minimum atomic E-state index is 1.15. The van der Waals surface area contributed by atoms with Gasteiger partial charge in [0, 0.05) is 38.5 Å². The smallest absolute Gasteiger partial charge is 0.0619 e. The van der Waals surface area contributed by atoms with Crippen LogP contribution in [0.25, 0.3) is 88.4 Å². The molecule has 0 bridgehead atoms. The molecule has 0 aliphatic heterocycles. The maximum absolute atomic E-state index is 2.45. The van der Waals surface area contributed by atoms with E-state index < -0.39 is 0 Å². The lowest BCUT2D eigenvalue weighted by Crippen LogP contribution is -1.96. The fourth-order valence-corrected chi connectivity index (χ4v) is 7.83. The van der Waals surface area contributed by atoms with Crippen molar-refractivity contribution in [3.05, 3.63) is 194 Å². The average Bonchev–Trinajstić information content (AvgIpc) is 3.71. The summed E-state index contributed by atoms with van der Waals surface area (Å²) in [6.07, 6.45) is 0. The molecule has 0 saturated heterocycles. The molecule has 0 aliphatic rings. The summed E-state index contributed by atoms with van der Waals surface area (Å²) in [5, 5.41) is 5.00. The molecule has 10 rings (SSSR count). The van der Waals surface area contributed by atoms with Crippen LogP contribution in [0, 0.1) is 0 Å². The number of fused-ring (bicyclic) bond motifs is 6. The van der Waals surface area contributed by atoms with E-state index in [0.29, 0.717) is 0 Å². The summed E-state index contributed by atoms with van der Waals surface area (Å²) < 4.78 is 4.87. The Hall–Kier alpha value is -6.64. The Kier molecular flexibility index (Phi) is 6.53. The number of hydrogen-bond donors (Lipinski definition) is 0. The van der Waals surface area contributed by atoms with Gasteiger partial charge >= 0.3 is 0 Å².